The highest BCUT2D eigenvalue weighted by Crippen LogP contribution is 2.17. The van der Waals surface area contributed by atoms with Crippen LogP contribution in [-0.4, -0.2) is 70.2 Å². The van der Waals surface area contributed by atoms with Crippen LogP contribution in [0.3, 0.4) is 0 Å². The lowest BCUT2D eigenvalue weighted by Crippen LogP contribution is -3.14. The van der Waals surface area contributed by atoms with E-state index < -0.39 is 0 Å². The molecule has 2 aromatic heterocycles. The average Bonchev–Trinajstić information content (AvgIpc) is 3.44. The van der Waals surface area contributed by atoms with Crippen LogP contribution in [0, 0.1) is 0 Å². The van der Waals surface area contributed by atoms with Crippen molar-refractivity contribution >= 4 is 35.1 Å². The van der Waals surface area contributed by atoms with Crippen molar-refractivity contribution in [2.24, 2.45) is 0 Å². The van der Waals surface area contributed by atoms with E-state index >= 15 is 0 Å². The van der Waals surface area contributed by atoms with Crippen LogP contribution in [0.4, 0.5) is 11.6 Å². The summed E-state index contributed by atoms with van der Waals surface area (Å²) in [6.45, 7) is 4.06. The minimum absolute atomic E-state index is 0.0000123. The number of aryl methyl sites for hydroxylation is 1. The summed E-state index contributed by atoms with van der Waals surface area (Å²) in [7, 11) is 0. The van der Waals surface area contributed by atoms with Gasteiger partial charge in [-0.3, -0.25) is 9.59 Å². The summed E-state index contributed by atoms with van der Waals surface area (Å²) in [6, 6.07) is 7.88. The topological polar surface area (TPSA) is 168 Å². The van der Waals surface area contributed by atoms with Crippen LogP contribution < -0.4 is 31.7 Å². The molecule has 3 heterocycles. The summed E-state index contributed by atoms with van der Waals surface area (Å²) in [6.07, 6.45) is 9.14. The second-order valence-corrected chi connectivity index (χ2v) is 9.94. The molecule has 0 radical (unpaired) electrons. The van der Waals surface area contributed by atoms with Crippen molar-refractivity contribution in [1.82, 2.24) is 30.2 Å². The number of piperidine rings is 1. The summed E-state index contributed by atoms with van der Waals surface area (Å²) < 4.78 is 7.50. The summed E-state index contributed by atoms with van der Waals surface area (Å²) in [4.78, 5) is 37.9. The van der Waals surface area contributed by atoms with Crippen LogP contribution in [0.15, 0.2) is 43.0 Å². The highest BCUT2D eigenvalue weighted by molar-refractivity contribution is 6.31. The average molecular weight is 557 g/mol. The van der Waals surface area contributed by atoms with Gasteiger partial charge in [-0.2, -0.15) is 0 Å². The third-order valence-electron chi connectivity index (χ3n) is 6.61. The Bertz CT molecular complexity index is 1240. The third-order valence-corrected chi connectivity index (χ3v) is 6.89. The number of hydrogen-bond donors (Lipinski definition) is 5. The van der Waals surface area contributed by atoms with Gasteiger partial charge < -0.3 is 36.3 Å². The number of anilines is 2. The number of nitrogens with one attached hydrogen (secondary N) is 3. The summed E-state index contributed by atoms with van der Waals surface area (Å²) in [5.41, 5.74) is 12.6. The molecule has 3 aromatic rings. The van der Waals surface area contributed by atoms with Gasteiger partial charge in [0.2, 0.25) is 0 Å². The molecule has 1 unspecified atom stereocenters. The quantitative estimate of drug-likeness (QED) is 0.209. The lowest BCUT2D eigenvalue weighted by molar-refractivity contribution is -0.906. The Balaban J connectivity index is 1.14. The second kappa shape index (κ2) is 13.8. The van der Waals surface area contributed by atoms with Gasteiger partial charge in [-0.1, -0.05) is 23.7 Å². The van der Waals surface area contributed by atoms with Gasteiger partial charge in [0.05, 0.1) is 32.0 Å². The summed E-state index contributed by atoms with van der Waals surface area (Å²) >= 11 is 5.91. The van der Waals surface area contributed by atoms with Crippen molar-refractivity contribution in [3.05, 3.63) is 59.4 Å². The maximum atomic E-state index is 12.7. The van der Waals surface area contributed by atoms with Crippen molar-refractivity contribution in [1.29, 1.82) is 0 Å². The molecule has 2 atom stereocenters. The van der Waals surface area contributed by atoms with Crippen molar-refractivity contribution in [2.75, 3.05) is 44.3 Å². The number of hydrogen-bond acceptors (Lipinski definition) is 8. The number of nitrogens with two attached hydrogens (primary N) is 2. The van der Waals surface area contributed by atoms with Crippen molar-refractivity contribution < 1.29 is 19.2 Å². The Morgan fingerprint density at radius 1 is 1.18 bits per heavy atom. The fourth-order valence-corrected chi connectivity index (χ4v) is 4.73. The second-order valence-electron chi connectivity index (χ2n) is 9.59. The number of quaternary nitrogens is 1. The van der Waals surface area contributed by atoms with Crippen molar-refractivity contribution in [3.8, 4) is 5.75 Å². The standard InChI is InChI=1S/C26H34ClN9O3/c27-23-25(29)34-24(28)22(33-23)26(38)32-19-4-2-12-35(15-19)11-1-3-18-5-7-20(8-6-18)39-16-21(37)31-10-14-36-13-9-30-17-36/h5-9,13,17,19H,1-4,10-12,14-16H2,(H,31,37)(H,32,38)(H4,28,29,34)/p+1/t19-/m0/s1. The number of nitrogen functional groups attached to an aromatic ring is 2. The van der Waals surface area contributed by atoms with Crippen LogP contribution in [0.25, 0.3) is 0 Å². The van der Waals surface area contributed by atoms with E-state index in [0.29, 0.717) is 18.8 Å². The Hall–Kier alpha value is -3.90. The SMILES string of the molecule is Nc1nc(N)c(C(=O)N[C@H]2CCC[NH+](CCCc3ccc(OCC(=O)NCCn4ccnc4)cc3)C2)nc1Cl. The molecule has 0 bridgehead atoms. The molecule has 7 N–H and O–H groups in total. The predicted molar refractivity (Wildman–Crippen MR) is 147 cm³/mol. The number of rotatable bonds is 12. The van der Waals surface area contributed by atoms with E-state index in [1.54, 1.807) is 12.5 Å². The van der Waals surface area contributed by atoms with Crippen molar-refractivity contribution in [2.45, 2.75) is 38.3 Å². The Morgan fingerprint density at radius 3 is 2.77 bits per heavy atom. The van der Waals surface area contributed by atoms with Crippen LogP contribution >= 0.6 is 11.6 Å². The zero-order chi connectivity index (χ0) is 27.6. The Morgan fingerprint density at radius 2 is 2.00 bits per heavy atom. The van der Waals surface area contributed by atoms with E-state index in [0.717, 1.165) is 45.3 Å². The number of likely N-dealkylation sites (tertiary alicyclic amines) is 1. The molecular formula is C26H35ClN9O3+. The number of halogens is 1. The molecule has 1 saturated heterocycles. The highest BCUT2D eigenvalue weighted by Gasteiger charge is 2.26. The van der Waals surface area contributed by atoms with Crippen LogP contribution in [0.1, 0.15) is 35.3 Å². The van der Waals surface area contributed by atoms with Gasteiger partial charge in [-0.15, -0.1) is 0 Å². The van der Waals surface area contributed by atoms with Gasteiger partial charge >= 0.3 is 0 Å². The smallest absolute Gasteiger partial charge is 0.274 e. The highest BCUT2D eigenvalue weighted by atomic mass is 35.5. The van der Waals surface area contributed by atoms with Gasteiger partial charge in [-0.25, -0.2) is 15.0 Å². The molecule has 39 heavy (non-hydrogen) atoms. The Labute approximate surface area is 232 Å². The summed E-state index contributed by atoms with van der Waals surface area (Å²) in [5.74, 6) is 0.0864. The summed E-state index contributed by atoms with van der Waals surface area (Å²) in [5, 5.41) is 5.81. The van der Waals surface area contributed by atoms with E-state index in [1.165, 1.54) is 10.5 Å². The van der Waals surface area contributed by atoms with E-state index in [2.05, 4.69) is 25.6 Å². The molecule has 1 aliphatic rings. The maximum absolute atomic E-state index is 12.7. The number of aromatic nitrogens is 4. The van der Waals surface area contributed by atoms with E-state index in [-0.39, 0.29) is 46.9 Å². The van der Waals surface area contributed by atoms with Crippen LogP contribution in [-0.2, 0) is 17.8 Å². The van der Waals surface area contributed by atoms with Gasteiger partial charge in [0, 0.05) is 31.9 Å². The molecule has 1 aliphatic heterocycles. The van der Waals surface area contributed by atoms with E-state index in [9.17, 15) is 9.59 Å². The third kappa shape index (κ3) is 8.55. The molecule has 4 rings (SSSR count). The number of ether oxygens (including phenoxy) is 1. The fraction of sp³-hybridized carbons (Fsp3) is 0.423. The minimum Gasteiger partial charge on any atom is -0.484 e. The monoisotopic (exact) mass is 556 g/mol. The molecule has 0 aliphatic carbocycles. The zero-order valence-corrected chi connectivity index (χ0v) is 22.5. The lowest BCUT2D eigenvalue weighted by Gasteiger charge is -2.30. The number of nitrogens with zero attached hydrogens (tertiary/aromatic N) is 4. The maximum Gasteiger partial charge on any atom is 0.274 e. The van der Waals surface area contributed by atoms with Gasteiger partial charge in [0.15, 0.2) is 29.1 Å². The van der Waals surface area contributed by atoms with Gasteiger partial charge in [0.1, 0.15) is 5.75 Å². The molecule has 208 valence electrons. The number of amides is 2. The largest absolute Gasteiger partial charge is 0.484 e. The molecule has 0 saturated carbocycles. The number of carbonyl (C=O) groups is 2. The van der Waals surface area contributed by atoms with Crippen LogP contribution in [0.5, 0.6) is 5.75 Å². The van der Waals surface area contributed by atoms with E-state index in [4.69, 9.17) is 27.8 Å². The molecule has 13 heteroatoms. The first-order valence-corrected chi connectivity index (χ1v) is 13.4. The first-order chi connectivity index (χ1) is 18.9. The molecule has 2 amide bonds. The number of imidazole rings is 1. The number of carbonyl (C=O) groups excluding carboxylic acids is 2. The first-order valence-electron chi connectivity index (χ1n) is 13.0. The molecule has 12 nitrogen and oxygen atoms in total. The number of benzene rings is 1. The fourth-order valence-electron chi connectivity index (χ4n) is 4.60. The molecular weight excluding hydrogens is 522 g/mol. The lowest BCUT2D eigenvalue weighted by atomic mass is 10.0. The zero-order valence-electron chi connectivity index (χ0n) is 21.7. The van der Waals surface area contributed by atoms with Crippen molar-refractivity contribution in [3.63, 3.8) is 0 Å². The molecule has 1 fully saturated rings. The van der Waals surface area contributed by atoms with E-state index in [1.807, 2.05) is 35.0 Å². The normalized spacial score (nSPS) is 16.9. The van der Waals surface area contributed by atoms with Crippen LogP contribution in [0.2, 0.25) is 5.15 Å². The van der Waals surface area contributed by atoms with Gasteiger partial charge in [0.25, 0.3) is 11.8 Å². The minimum atomic E-state index is -0.387. The molecule has 0 spiro atoms. The predicted octanol–water partition coefficient (Wildman–Crippen LogP) is 0.0960. The Kier molecular flexibility index (Phi) is 9.92. The first kappa shape index (κ1) is 28.1. The van der Waals surface area contributed by atoms with Gasteiger partial charge in [-0.05, 0) is 37.0 Å². The molecule has 1 aromatic carbocycles.